The third-order valence-corrected chi connectivity index (χ3v) is 9.30. The number of hydrogen-bond acceptors (Lipinski definition) is 1. The predicted molar refractivity (Wildman–Crippen MR) is 109 cm³/mol. The maximum Gasteiger partial charge on any atom is 0.130 e. The first-order valence-corrected chi connectivity index (χ1v) is 11.0. The van der Waals surface area contributed by atoms with Crippen LogP contribution in [0.25, 0.3) is 0 Å². The van der Waals surface area contributed by atoms with E-state index >= 15 is 0 Å². The lowest BCUT2D eigenvalue weighted by Gasteiger charge is -2.28. The fraction of sp³-hybridized carbons (Fsp3) is 0.130. The minimum absolute atomic E-state index is 0. The maximum atomic E-state index is 13.7. The zero-order valence-corrected chi connectivity index (χ0v) is 17.1. The van der Waals surface area contributed by atoms with Gasteiger partial charge in [-0.2, -0.15) is 0 Å². The van der Waals surface area contributed by atoms with Crippen molar-refractivity contribution in [3.8, 4) is 0 Å². The molecule has 1 nitrogen and oxygen atoms in total. The van der Waals surface area contributed by atoms with Crippen LogP contribution < -0.4 is 28.3 Å². The lowest BCUT2D eigenvalue weighted by atomic mass is 10.3. The standard InChI is InChI=1S/C23H19F3OP.ClH/c24-17-3-9-21(10-4-17)28(16-20-2-1-15-27-20,22-11-5-18(25)6-12-22)23-13-7-19(26)8-14-23;/h2-14H,1,15-16H2;1H/q+1;/p-1. The molecule has 1 aliphatic rings. The van der Waals surface area contributed by atoms with Gasteiger partial charge >= 0.3 is 0 Å². The number of hydrogen-bond donors (Lipinski definition) is 0. The summed E-state index contributed by atoms with van der Waals surface area (Å²) in [5.41, 5.74) is 0. The van der Waals surface area contributed by atoms with Crippen LogP contribution in [0.5, 0.6) is 0 Å². The summed E-state index contributed by atoms with van der Waals surface area (Å²) in [5, 5.41) is 2.80. The molecule has 0 saturated carbocycles. The van der Waals surface area contributed by atoms with Crippen LogP contribution in [0.3, 0.4) is 0 Å². The van der Waals surface area contributed by atoms with Crippen molar-refractivity contribution in [2.75, 3.05) is 12.8 Å². The third kappa shape index (κ3) is 4.34. The molecule has 0 N–H and O–H groups in total. The predicted octanol–water partition coefficient (Wildman–Crippen LogP) is 1.71. The number of benzene rings is 3. The highest BCUT2D eigenvalue weighted by molar-refractivity contribution is 7.95. The quantitative estimate of drug-likeness (QED) is 0.556. The molecular weight excluding hydrogens is 416 g/mol. The molecule has 0 aliphatic carbocycles. The van der Waals surface area contributed by atoms with Crippen LogP contribution in [0.4, 0.5) is 13.2 Å². The zero-order chi connectivity index (χ0) is 19.6. The summed E-state index contributed by atoms with van der Waals surface area (Å²) in [4.78, 5) is 0. The van der Waals surface area contributed by atoms with Crippen molar-refractivity contribution in [2.24, 2.45) is 0 Å². The van der Waals surface area contributed by atoms with Gasteiger partial charge in [0, 0.05) is 6.42 Å². The van der Waals surface area contributed by atoms with Crippen LogP contribution in [-0.4, -0.2) is 12.8 Å². The molecule has 1 aliphatic heterocycles. The van der Waals surface area contributed by atoms with Gasteiger partial charge in [0.1, 0.15) is 52.5 Å². The normalized spacial score (nSPS) is 13.4. The van der Waals surface area contributed by atoms with Gasteiger partial charge in [-0.3, -0.25) is 0 Å². The molecule has 3 aromatic rings. The van der Waals surface area contributed by atoms with Crippen LogP contribution in [-0.2, 0) is 4.74 Å². The van der Waals surface area contributed by atoms with E-state index in [1.165, 1.54) is 36.4 Å². The summed E-state index contributed by atoms with van der Waals surface area (Å²) in [6.07, 6.45) is 3.48. The average Bonchev–Trinajstić information content (AvgIpc) is 3.21. The molecule has 0 saturated heterocycles. The molecule has 0 fully saturated rings. The summed E-state index contributed by atoms with van der Waals surface area (Å²) in [6.45, 7) is 0.631. The number of rotatable bonds is 5. The molecule has 6 heteroatoms. The van der Waals surface area contributed by atoms with Crippen LogP contribution in [0.2, 0.25) is 0 Å². The summed E-state index contributed by atoms with van der Waals surface area (Å²) in [6, 6.07) is 19.2. The van der Waals surface area contributed by atoms with Crippen molar-refractivity contribution in [3.63, 3.8) is 0 Å². The fourth-order valence-corrected chi connectivity index (χ4v) is 7.72. The second-order valence-electron chi connectivity index (χ2n) is 6.70. The van der Waals surface area contributed by atoms with E-state index in [0.29, 0.717) is 12.8 Å². The SMILES string of the molecule is Fc1ccc([P+](CC2=CCCO2)(c2ccc(F)cc2)c2ccc(F)cc2)cc1.[Cl-]. The molecule has 150 valence electrons. The van der Waals surface area contributed by atoms with Crippen molar-refractivity contribution in [2.45, 2.75) is 6.42 Å². The molecule has 0 bridgehead atoms. The van der Waals surface area contributed by atoms with E-state index < -0.39 is 7.26 Å². The van der Waals surface area contributed by atoms with E-state index in [1.807, 2.05) is 0 Å². The summed E-state index contributed by atoms with van der Waals surface area (Å²) < 4.78 is 46.8. The van der Waals surface area contributed by atoms with E-state index in [4.69, 9.17) is 4.74 Å². The van der Waals surface area contributed by atoms with Gasteiger partial charge in [-0.15, -0.1) is 0 Å². The molecule has 0 amide bonds. The smallest absolute Gasteiger partial charge is 0.130 e. The first-order chi connectivity index (χ1) is 13.6. The molecule has 0 aromatic heterocycles. The minimum Gasteiger partial charge on any atom is -1.00 e. The largest absolute Gasteiger partial charge is 1.00 e. The van der Waals surface area contributed by atoms with Crippen molar-refractivity contribution in [3.05, 3.63) is 102 Å². The van der Waals surface area contributed by atoms with E-state index in [9.17, 15) is 13.2 Å². The van der Waals surface area contributed by atoms with Crippen molar-refractivity contribution in [1.82, 2.24) is 0 Å². The molecule has 3 aromatic carbocycles. The number of ether oxygens (including phenoxy) is 1. The first-order valence-electron chi connectivity index (χ1n) is 9.06. The Balaban J connectivity index is 0.00000240. The Kier molecular flexibility index (Phi) is 6.66. The van der Waals surface area contributed by atoms with Gasteiger partial charge in [0.15, 0.2) is 0 Å². The Morgan fingerprint density at radius 3 is 1.34 bits per heavy atom. The number of allylic oxidation sites excluding steroid dienone is 1. The third-order valence-electron chi connectivity index (χ3n) is 4.97. The highest BCUT2D eigenvalue weighted by Crippen LogP contribution is 2.57. The zero-order valence-electron chi connectivity index (χ0n) is 15.5. The van der Waals surface area contributed by atoms with Crippen molar-refractivity contribution < 1.29 is 30.3 Å². The average molecular weight is 435 g/mol. The topological polar surface area (TPSA) is 9.23 Å². The van der Waals surface area contributed by atoms with Gasteiger partial charge in [0.05, 0.1) is 6.61 Å². The van der Waals surface area contributed by atoms with E-state index in [1.54, 1.807) is 36.4 Å². The Labute approximate surface area is 175 Å². The Hall–Kier alpha value is -2.29. The van der Waals surface area contributed by atoms with Gasteiger partial charge in [-0.05, 0) is 78.9 Å². The van der Waals surface area contributed by atoms with Crippen LogP contribution in [0.15, 0.2) is 84.6 Å². The van der Waals surface area contributed by atoms with Gasteiger partial charge in [-0.1, -0.05) is 0 Å². The lowest BCUT2D eigenvalue weighted by molar-refractivity contribution is -0.00000803. The van der Waals surface area contributed by atoms with Crippen LogP contribution >= 0.6 is 7.26 Å². The minimum atomic E-state index is -2.36. The lowest BCUT2D eigenvalue weighted by Crippen LogP contribution is -3.00. The molecule has 29 heavy (non-hydrogen) atoms. The molecule has 1 heterocycles. The maximum absolute atomic E-state index is 13.7. The summed E-state index contributed by atoms with van der Waals surface area (Å²) in [7, 11) is -2.36. The van der Waals surface area contributed by atoms with Gasteiger partial charge in [0.25, 0.3) is 0 Å². The Morgan fingerprint density at radius 1 is 0.655 bits per heavy atom. The number of halogens is 4. The molecule has 4 rings (SSSR count). The Bertz CT molecular complexity index is 875. The Morgan fingerprint density at radius 2 is 1.03 bits per heavy atom. The summed E-state index contributed by atoms with van der Waals surface area (Å²) >= 11 is 0. The molecule has 0 unspecified atom stereocenters. The molecular formula is C23H19ClF3OP. The molecule has 0 radical (unpaired) electrons. The first kappa shape index (κ1) is 21.4. The van der Waals surface area contributed by atoms with Crippen LogP contribution in [0, 0.1) is 17.5 Å². The van der Waals surface area contributed by atoms with E-state index in [-0.39, 0.29) is 29.9 Å². The van der Waals surface area contributed by atoms with E-state index in [2.05, 4.69) is 6.08 Å². The van der Waals surface area contributed by atoms with Gasteiger partial charge < -0.3 is 17.1 Å². The van der Waals surface area contributed by atoms with Gasteiger partial charge in [-0.25, -0.2) is 13.2 Å². The van der Waals surface area contributed by atoms with Crippen molar-refractivity contribution in [1.29, 1.82) is 0 Å². The summed E-state index contributed by atoms with van der Waals surface area (Å²) in [5.74, 6) is -0.101. The fourth-order valence-electron chi connectivity index (χ4n) is 3.62. The van der Waals surface area contributed by atoms with Crippen molar-refractivity contribution >= 4 is 23.2 Å². The van der Waals surface area contributed by atoms with Gasteiger partial charge in [0.2, 0.25) is 0 Å². The molecule has 0 spiro atoms. The second-order valence-corrected chi connectivity index (χ2v) is 10.2. The second kappa shape index (κ2) is 9.02. The van der Waals surface area contributed by atoms with Crippen LogP contribution in [0.1, 0.15) is 6.42 Å². The molecule has 0 atom stereocenters. The highest BCUT2D eigenvalue weighted by atomic mass is 35.5. The monoisotopic (exact) mass is 434 g/mol. The highest BCUT2D eigenvalue weighted by Gasteiger charge is 2.47. The van der Waals surface area contributed by atoms with E-state index in [0.717, 1.165) is 28.1 Å².